The maximum Gasteiger partial charge on any atom is 0.270 e. The Kier molecular flexibility index (Phi) is 7.04. The van der Waals surface area contributed by atoms with Gasteiger partial charge in [-0.05, 0) is 38.1 Å². The molecule has 0 aliphatic carbocycles. The Bertz CT molecular complexity index is 1110. The maximum atomic E-state index is 13.0. The van der Waals surface area contributed by atoms with Gasteiger partial charge in [0.25, 0.3) is 11.6 Å². The molecule has 0 aliphatic heterocycles. The number of benzene rings is 2. The SMILES string of the molecule is COc1ccc(-c2noc(CCN(C(=O)c3cccc([N+](=O)[O-])c3)C(C)C)n2)cc1OC. The highest BCUT2D eigenvalue weighted by Gasteiger charge is 2.22. The van der Waals surface area contributed by atoms with Crippen molar-refractivity contribution in [3.05, 3.63) is 64.0 Å². The van der Waals surface area contributed by atoms with Crippen molar-refractivity contribution in [1.29, 1.82) is 0 Å². The number of hydrogen-bond acceptors (Lipinski definition) is 8. The van der Waals surface area contributed by atoms with E-state index in [-0.39, 0.29) is 23.2 Å². The molecular weight excluding hydrogens is 416 g/mol. The van der Waals surface area contributed by atoms with Crippen molar-refractivity contribution >= 4 is 11.6 Å². The van der Waals surface area contributed by atoms with E-state index in [0.717, 1.165) is 0 Å². The molecule has 0 spiro atoms. The lowest BCUT2D eigenvalue weighted by atomic mass is 10.1. The summed E-state index contributed by atoms with van der Waals surface area (Å²) in [5.41, 5.74) is 0.825. The van der Waals surface area contributed by atoms with Crippen LogP contribution in [0.1, 0.15) is 30.1 Å². The molecule has 3 aromatic rings. The maximum absolute atomic E-state index is 13.0. The van der Waals surface area contributed by atoms with Crippen molar-refractivity contribution in [1.82, 2.24) is 15.0 Å². The van der Waals surface area contributed by atoms with Crippen molar-refractivity contribution in [2.24, 2.45) is 0 Å². The highest BCUT2D eigenvalue weighted by atomic mass is 16.6. The van der Waals surface area contributed by atoms with Crippen LogP contribution in [0.5, 0.6) is 11.5 Å². The average Bonchev–Trinajstić information content (AvgIpc) is 3.27. The first kappa shape index (κ1) is 22.7. The Labute approximate surface area is 184 Å². The van der Waals surface area contributed by atoms with Crippen LogP contribution in [0.3, 0.4) is 0 Å². The van der Waals surface area contributed by atoms with Gasteiger partial charge in [-0.3, -0.25) is 14.9 Å². The summed E-state index contributed by atoms with van der Waals surface area (Å²) in [5.74, 6) is 1.59. The second kappa shape index (κ2) is 9.90. The first-order chi connectivity index (χ1) is 15.3. The smallest absolute Gasteiger partial charge is 0.270 e. The quantitative estimate of drug-likeness (QED) is 0.364. The van der Waals surface area contributed by atoms with Crippen molar-refractivity contribution in [2.75, 3.05) is 20.8 Å². The number of carbonyl (C=O) groups excluding carboxylic acids is 1. The second-order valence-electron chi connectivity index (χ2n) is 7.23. The van der Waals surface area contributed by atoms with Crippen molar-refractivity contribution < 1.29 is 23.7 Å². The molecule has 168 valence electrons. The Morgan fingerprint density at radius 1 is 1.16 bits per heavy atom. The number of aromatic nitrogens is 2. The molecule has 0 saturated carbocycles. The highest BCUT2D eigenvalue weighted by molar-refractivity contribution is 5.95. The molecule has 1 heterocycles. The summed E-state index contributed by atoms with van der Waals surface area (Å²) in [6.07, 6.45) is 0.332. The van der Waals surface area contributed by atoms with E-state index in [2.05, 4.69) is 10.1 Å². The summed E-state index contributed by atoms with van der Waals surface area (Å²) < 4.78 is 15.9. The number of carbonyl (C=O) groups is 1. The molecule has 32 heavy (non-hydrogen) atoms. The van der Waals surface area contributed by atoms with E-state index in [4.69, 9.17) is 14.0 Å². The van der Waals surface area contributed by atoms with Gasteiger partial charge in [0.1, 0.15) is 0 Å². The molecule has 0 aliphatic rings. The predicted molar refractivity (Wildman–Crippen MR) is 116 cm³/mol. The number of nitro groups is 1. The number of ether oxygens (including phenoxy) is 2. The van der Waals surface area contributed by atoms with E-state index in [1.165, 1.54) is 18.2 Å². The van der Waals surface area contributed by atoms with E-state index < -0.39 is 4.92 Å². The first-order valence-corrected chi connectivity index (χ1v) is 9.94. The summed E-state index contributed by atoms with van der Waals surface area (Å²) in [6, 6.07) is 10.9. The van der Waals surface area contributed by atoms with Crippen LogP contribution in [0.25, 0.3) is 11.4 Å². The van der Waals surface area contributed by atoms with Gasteiger partial charge in [-0.15, -0.1) is 0 Å². The van der Waals surface area contributed by atoms with Crippen LogP contribution in [-0.2, 0) is 6.42 Å². The lowest BCUT2D eigenvalue weighted by molar-refractivity contribution is -0.384. The largest absolute Gasteiger partial charge is 0.493 e. The Balaban J connectivity index is 1.73. The first-order valence-electron chi connectivity index (χ1n) is 9.94. The number of amides is 1. The molecule has 10 heteroatoms. The fourth-order valence-corrected chi connectivity index (χ4v) is 3.18. The average molecular weight is 440 g/mol. The molecular formula is C22H24N4O6. The van der Waals surface area contributed by atoms with Gasteiger partial charge < -0.3 is 18.9 Å². The van der Waals surface area contributed by atoms with Crippen LogP contribution in [0.15, 0.2) is 47.0 Å². The van der Waals surface area contributed by atoms with Gasteiger partial charge in [0, 0.05) is 42.3 Å². The number of nitrogens with zero attached hydrogens (tertiary/aromatic N) is 4. The number of methoxy groups -OCH3 is 2. The molecule has 10 nitrogen and oxygen atoms in total. The summed E-state index contributed by atoms with van der Waals surface area (Å²) in [5, 5.41) is 15.0. The fourth-order valence-electron chi connectivity index (χ4n) is 3.18. The van der Waals surface area contributed by atoms with Gasteiger partial charge in [0.05, 0.1) is 19.1 Å². The molecule has 0 N–H and O–H groups in total. The summed E-state index contributed by atoms with van der Waals surface area (Å²) >= 11 is 0. The third-order valence-electron chi connectivity index (χ3n) is 4.86. The Morgan fingerprint density at radius 2 is 1.91 bits per heavy atom. The molecule has 3 rings (SSSR count). The Morgan fingerprint density at radius 3 is 2.56 bits per heavy atom. The van der Waals surface area contributed by atoms with E-state index in [1.54, 1.807) is 43.4 Å². The zero-order chi connectivity index (χ0) is 23.3. The molecule has 0 saturated heterocycles. The Hall–Kier alpha value is -3.95. The van der Waals surface area contributed by atoms with Crippen LogP contribution in [0.2, 0.25) is 0 Å². The topological polar surface area (TPSA) is 121 Å². The molecule has 0 fully saturated rings. The van der Waals surface area contributed by atoms with Crippen LogP contribution in [-0.4, -0.2) is 52.7 Å². The van der Waals surface area contributed by atoms with Gasteiger partial charge in [0.15, 0.2) is 11.5 Å². The molecule has 1 aromatic heterocycles. The molecule has 2 aromatic carbocycles. The number of rotatable bonds is 9. The van der Waals surface area contributed by atoms with Crippen LogP contribution in [0, 0.1) is 10.1 Å². The van der Waals surface area contributed by atoms with E-state index in [0.29, 0.717) is 41.7 Å². The zero-order valence-corrected chi connectivity index (χ0v) is 18.3. The van der Waals surface area contributed by atoms with Gasteiger partial charge in [0.2, 0.25) is 11.7 Å². The predicted octanol–water partition coefficient (Wildman–Crippen LogP) is 3.76. The molecule has 0 atom stereocenters. The third kappa shape index (κ3) is 5.02. The minimum Gasteiger partial charge on any atom is -0.493 e. The number of non-ortho nitro benzene ring substituents is 1. The van der Waals surface area contributed by atoms with E-state index >= 15 is 0 Å². The summed E-state index contributed by atoms with van der Waals surface area (Å²) in [7, 11) is 3.10. The second-order valence-corrected chi connectivity index (χ2v) is 7.23. The van der Waals surface area contributed by atoms with Crippen LogP contribution >= 0.6 is 0 Å². The van der Waals surface area contributed by atoms with Crippen LogP contribution < -0.4 is 9.47 Å². The molecule has 0 radical (unpaired) electrons. The lowest BCUT2D eigenvalue weighted by Crippen LogP contribution is -2.38. The molecule has 1 amide bonds. The monoisotopic (exact) mass is 440 g/mol. The minimum absolute atomic E-state index is 0.129. The van der Waals surface area contributed by atoms with Crippen LogP contribution in [0.4, 0.5) is 5.69 Å². The number of nitro benzene ring substituents is 1. The van der Waals surface area contributed by atoms with Gasteiger partial charge in [-0.25, -0.2) is 0 Å². The van der Waals surface area contributed by atoms with E-state index in [9.17, 15) is 14.9 Å². The van der Waals surface area contributed by atoms with Crippen molar-refractivity contribution in [3.63, 3.8) is 0 Å². The lowest BCUT2D eigenvalue weighted by Gasteiger charge is -2.26. The molecule has 0 unspecified atom stereocenters. The summed E-state index contributed by atoms with van der Waals surface area (Å²) in [6.45, 7) is 4.06. The minimum atomic E-state index is -0.523. The third-order valence-corrected chi connectivity index (χ3v) is 4.86. The highest BCUT2D eigenvalue weighted by Crippen LogP contribution is 2.31. The van der Waals surface area contributed by atoms with E-state index in [1.807, 2.05) is 13.8 Å². The van der Waals surface area contributed by atoms with Gasteiger partial charge in [-0.1, -0.05) is 11.2 Å². The van der Waals surface area contributed by atoms with Gasteiger partial charge >= 0.3 is 0 Å². The standard InChI is InChI=1S/C22H24N4O6/c1-14(2)25(22(27)16-6-5-7-17(12-16)26(28)29)11-10-20-23-21(24-32-20)15-8-9-18(30-3)19(13-15)31-4/h5-9,12-14H,10-11H2,1-4H3. The van der Waals surface area contributed by atoms with Gasteiger partial charge in [-0.2, -0.15) is 4.98 Å². The van der Waals surface area contributed by atoms with Crippen molar-refractivity contribution in [3.8, 4) is 22.9 Å². The summed E-state index contributed by atoms with van der Waals surface area (Å²) in [4.78, 5) is 29.5. The zero-order valence-electron chi connectivity index (χ0n) is 18.3. The molecule has 0 bridgehead atoms. The normalized spacial score (nSPS) is 10.8. The van der Waals surface area contributed by atoms with Crippen molar-refractivity contribution in [2.45, 2.75) is 26.3 Å². The number of hydrogen-bond donors (Lipinski definition) is 0. The fraction of sp³-hybridized carbons (Fsp3) is 0.318.